The van der Waals surface area contributed by atoms with Gasteiger partial charge in [-0.2, -0.15) is 13.2 Å². The Morgan fingerprint density at radius 1 is 1.10 bits per heavy atom. The van der Waals surface area contributed by atoms with Gasteiger partial charge in [-0.05, 0) is 23.8 Å². The van der Waals surface area contributed by atoms with E-state index in [2.05, 4.69) is 26.1 Å². The number of thioether (sulfide) groups is 1. The SMILES string of the molecule is O=C(CSc1nnc(-c2cccc(Br)c2)o1)N(Cc1ccccc1)CC(F)(F)F. The molecule has 3 rings (SSSR count). The van der Waals surface area contributed by atoms with Crippen LogP contribution in [0.5, 0.6) is 0 Å². The van der Waals surface area contributed by atoms with Gasteiger partial charge in [0.2, 0.25) is 11.8 Å². The molecule has 0 spiro atoms. The summed E-state index contributed by atoms with van der Waals surface area (Å²) in [7, 11) is 0. The number of nitrogens with zero attached hydrogens (tertiary/aromatic N) is 3. The van der Waals surface area contributed by atoms with E-state index in [4.69, 9.17) is 4.42 Å². The van der Waals surface area contributed by atoms with Crippen molar-refractivity contribution in [2.24, 2.45) is 0 Å². The van der Waals surface area contributed by atoms with Crippen LogP contribution < -0.4 is 0 Å². The number of carbonyl (C=O) groups is 1. The van der Waals surface area contributed by atoms with E-state index in [9.17, 15) is 18.0 Å². The number of hydrogen-bond donors (Lipinski definition) is 0. The number of carbonyl (C=O) groups excluding carboxylic acids is 1. The first-order valence-electron chi connectivity index (χ1n) is 8.41. The maximum atomic E-state index is 12.9. The molecule has 1 amide bonds. The third-order valence-corrected chi connectivity index (χ3v) is 5.03. The molecule has 2 aromatic carbocycles. The van der Waals surface area contributed by atoms with Crippen LogP contribution in [0.3, 0.4) is 0 Å². The lowest BCUT2D eigenvalue weighted by atomic mass is 10.2. The van der Waals surface area contributed by atoms with Gasteiger partial charge in [0, 0.05) is 16.6 Å². The number of benzene rings is 2. The highest BCUT2D eigenvalue weighted by molar-refractivity contribution is 9.10. The maximum absolute atomic E-state index is 12.9. The summed E-state index contributed by atoms with van der Waals surface area (Å²) in [6.07, 6.45) is -4.49. The van der Waals surface area contributed by atoms with Gasteiger partial charge in [-0.15, -0.1) is 10.2 Å². The van der Waals surface area contributed by atoms with Crippen molar-refractivity contribution in [2.75, 3.05) is 12.3 Å². The Bertz CT molecular complexity index is 967. The van der Waals surface area contributed by atoms with Crippen molar-refractivity contribution >= 4 is 33.6 Å². The van der Waals surface area contributed by atoms with Gasteiger partial charge in [0.15, 0.2) is 0 Å². The van der Waals surface area contributed by atoms with Crippen LogP contribution >= 0.6 is 27.7 Å². The van der Waals surface area contributed by atoms with Crippen LogP contribution in [0.1, 0.15) is 5.56 Å². The van der Waals surface area contributed by atoms with E-state index < -0.39 is 18.6 Å². The van der Waals surface area contributed by atoms with Crippen LogP contribution in [0.15, 0.2) is 68.7 Å². The summed E-state index contributed by atoms with van der Waals surface area (Å²) in [4.78, 5) is 13.2. The van der Waals surface area contributed by atoms with E-state index in [1.54, 1.807) is 48.5 Å². The number of halogens is 4. The molecule has 0 aliphatic carbocycles. The predicted molar refractivity (Wildman–Crippen MR) is 106 cm³/mol. The third kappa shape index (κ3) is 6.60. The highest BCUT2D eigenvalue weighted by atomic mass is 79.9. The fourth-order valence-corrected chi connectivity index (χ4v) is 3.54. The molecule has 0 fully saturated rings. The van der Waals surface area contributed by atoms with Gasteiger partial charge >= 0.3 is 6.18 Å². The summed E-state index contributed by atoms with van der Waals surface area (Å²) in [6.45, 7) is -1.46. The van der Waals surface area contributed by atoms with E-state index in [-0.39, 0.29) is 23.4 Å². The van der Waals surface area contributed by atoms with Gasteiger partial charge in [-0.1, -0.05) is 64.1 Å². The number of hydrogen-bond acceptors (Lipinski definition) is 5. The standard InChI is InChI=1S/C19H15BrF3N3O2S/c20-15-8-4-7-14(9-15)17-24-25-18(28-17)29-11-16(27)26(12-19(21,22)23)10-13-5-2-1-3-6-13/h1-9H,10-12H2. The topological polar surface area (TPSA) is 59.2 Å². The molecular formula is C19H15BrF3N3O2S. The molecule has 0 N–H and O–H groups in total. The minimum atomic E-state index is -4.49. The average Bonchev–Trinajstić information content (AvgIpc) is 3.14. The highest BCUT2D eigenvalue weighted by Gasteiger charge is 2.33. The molecule has 0 aliphatic heterocycles. The number of rotatable bonds is 7. The summed E-state index contributed by atoms with van der Waals surface area (Å²) >= 11 is 4.25. The molecule has 29 heavy (non-hydrogen) atoms. The Balaban J connectivity index is 1.65. The van der Waals surface area contributed by atoms with Crippen LogP contribution in [0, 0.1) is 0 Å². The van der Waals surface area contributed by atoms with Crippen molar-refractivity contribution in [3.8, 4) is 11.5 Å². The summed E-state index contributed by atoms with van der Waals surface area (Å²) in [6, 6.07) is 15.7. The molecule has 5 nitrogen and oxygen atoms in total. The van der Waals surface area contributed by atoms with Crippen LogP contribution in [0.4, 0.5) is 13.2 Å². The van der Waals surface area contributed by atoms with Crippen molar-refractivity contribution in [1.29, 1.82) is 0 Å². The normalized spacial score (nSPS) is 11.4. The van der Waals surface area contributed by atoms with E-state index in [0.29, 0.717) is 11.1 Å². The van der Waals surface area contributed by atoms with Crippen LogP contribution in [-0.2, 0) is 11.3 Å². The molecular weight excluding hydrogens is 471 g/mol. The fourth-order valence-electron chi connectivity index (χ4n) is 2.47. The Morgan fingerprint density at radius 2 is 1.86 bits per heavy atom. The summed E-state index contributed by atoms with van der Waals surface area (Å²) in [5, 5.41) is 7.88. The van der Waals surface area contributed by atoms with E-state index in [1.165, 1.54) is 0 Å². The Morgan fingerprint density at radius 3 is 2.55 bits per heavy atom. The molecule has 1 aromatic heterocycles. The Hall–Kier alpha value is -2.33. The average molecular weight is 486 g/mol. The number of amides is 1. The molecule has 152 valence electrons. The molecule has 3 aromatic rings. The van der Waals surface area contributed by atoms with Gasteiger partial charge in [0.25, 0.3) is 5.22 Å². The van der Waals surface area contributed by atoms with E-state index in [1.807, 2.05) is 6.07 Å². The van der Waals surface area contributed by atoms with Crippen molar-refractivity contribution < 1.29 is 22.4 Å². The molecule has 0 saturated carbocycles. The zero-order chi connectivity index (χ0) is 20.9. The smallest absolute Gasteiger partial charge is 0.406 e. The molecule has 0 saturated heterocycles. The number of aromatic nitrogens is 2. The van der Waals surface area contributed by atoms with E-state index in [0.717, 1.165) is 21.1 Å². The third-order valence-electron chi connectivity index (χ3n) is 3.74. The van der Waals surface area contributed by atoms with Crippen LogP contribution in [0.25, 0.3) is 11.5 Å². The first-order valence-corrected chi connectivity index (χ1v) is 10.2. The molecule has 10 heteroatoms. The minimum absolute atomic E-state index is 0.111. The predicted octanol–water partition coefficient (Wildman–Crippen LogP) is 5.18. The lowest BCUT2D eigenvalue weighted by Gasteiger charge is -2.23. The van der Waals surface area contributed by atoms with Gasteiger partial charge in [0.05, 0.1) is 5.75 Å². The van der Waals surface area contributed by atoms with E-state index >= 15 is 0 Å². The first kappa shape index (κ1) is 21.4. The monoisotopic (exact) mass is 485 g/mol. The second-order valence-electron chi connectivity index (χ2n) is 6.02. The zero-order valence-corrected chi connectivity index (χ0v) is 17.3. The Kier molecular flexibility index (Phi) is 6.96. The quantitative estimate of drug-likeness (QED) is 0.431. The first-order chi connectivity index (χ1) is 13.8. The molecule has 0 bridgehead atoms. The van der Waals surface area contributed by atoms with Gasteiger partial charge in [-0.3, -0.25) is 4.79 Å². The van der Waals surface area contributed by atoms with Crippen molar-refractivity contribution in [1.82, 2.24) is 15.1 Å². The number of alkyl halides is 3. The van der Waals surface area contributed by atoms with Gasteiger partial charge in [0.1, 0.15) is 6.54 Å². The van der Waals surface area contributed by atoms with Gasteiger partial charge in [-0.25, -0.2) is 0 Å². The molecule has 0 radical (unpaired) electrons. The Labute approximate surface area is 177 Å². The van der Waals surface area contributed by atoms with Gasteiger partial charge < -0.3 is 9.32 Å². The highest BCUT2D eigenvalue weighted by Crippen LogP contribution is 2.26. The second kappa shape index (κ2) is 9.45. The fraction of sp³-hybridized carbons (Fsp3) is 0.211. The van der Waals surface area contributed by atoms with Crippen molar-refractivity contribution in [2.45, 2.75) is 17.9 Å². The van der Waals surface area contributed by atoms with Crippen molar-refractivity contribution in [3.63, 3.8) is 0 Å². The van der Waals surface area contributed by atoms with Crippen molar-refractivity contribution in [3.05, 3.63) is 64.6 Å². The zero-order valence-electron chi connectivity index (χ0n) is 14.9. The lowest BCUT2D eigenvalue weighted by molar-refractivity contribution is -0.160. The van der Waals surface area contributed by atoms with Crippen LogP contribution in [-0.4, -0.2) is 39.5 Å². The summed E-state index contributed by atoms with van der Waals surface area (Å²) in [5.41, 5.74) is 1.30. The molecule has 0 aliphatic rings. The summed E-state index contributed by atoms with van der Waals surface area (Å²) in [5.74, 6) is -0.653. The lowest BCUT2D eigenvalue weighted by Crippen LogP contribution is -2.39. The molecule has 1 heterocycles. The largest absolute Gasteiger partial charge is 0.411 e. The summed E-state index contributed by atoms with van der Waals surface area (Å²) < 4.78 is 45.1. The maximum Gasteiger partial charge on any atom is 0.406 e. The second-order valence-corrected chi connectivity index (χ2v) is 7.86. The minimum Gasteiger partial charge on any atom is -0.411 e. The molecule has 0 unspecified atom stereocenters. The molecule has 0 atom stereocenters. The van der Waals surface area contributed by atoms with Crippen LogP contribution in [0.2, 0.25) is 0 Å².